The predicted octanol–water partition coefficient (Wildman–Crippen LogP) is 1.24. The molecule has 0 radical (unpaired) electrons. The Balaban J connectivity index is 3.13. The van der Waals surface area contributed by atoms with E-state index in [4.69, 9.17) is 5.11 Å². The first-order chi connectivity index (χ1) is 9.36. The van der Waals surface area contributed by atoms with Crippen LogP contribution < -0.4 is 0 Å². The van der Waals surface area contributed by atoms with Crippen molar-refractivity contribution in [2.24, 2.45) is 0 Å². The van der Waals surface area contributed by atoms with Gasteiger partial charge in [0, 0.05) is 12.6 Å². The lowest BCUT2D eigenvalue weighted by Crippen LogP contribution is -2.36. The average molecular weight is 281 g/mol. The van der Waals surface area contributed by atoms with Gasteiger partial charge >= 0.3 is 5.97 Å². The number of carbonyl (C=O) groups is 2. The van der Waals surface area contributed by atoms with Gasteiger partial charge in [-0.05, 0) is 13.3 Å². The largest absolute Gasteiger partial charge is 0.480 e. The highest BCUT2D eigenvalue weighted by Crippen LogP contribution is 2.16. The van der Waals surface area contributed by atoms with Crippen LogP contribution in [0.4, 0.5) is 5.69 Å². The molecule has 0 atom stereocenters. The molecule has 8 heteroatoms. The van der Waals surface area contributed by atoms with Crippen LogP contribution in [-0.2, 0) is 4.79 Å². The summed E-state index contributed by atoms with van der Waals surface area (Å²) < 4.78 is 0. The summed E-state index contributed by atoms with van der Waals surface area (Å²) in [6.07, 6.45) is 1.65. The normalized spacial score (nSPS) is 10.1. The second kappa shape index (κ2) is 6.60. The molecule has 20 heavy (non-hydrogen) atoms. The molecule has 0 unspecified atom stereocenters. The lowest BCUT2D eigenvalue weighted by atomic mass is 10.1. The predicted molar refractivity (Wildman–Crippen MR) is 69.5 cm³/mol. The number of pyridine rings is 1. The van der Waals surface area contributed by atoms with Crippen molar-refractivity contribution in [3.05, 3.63) is 33.6 Å². The summed E-state index contributed by atoms with van der Waals surface area (Å²) in [6.45, 7) is 3.16. The Bertz CT molecular complexity index is 544. The number of hydrogen-bond acceptors (Lipinski definition) is 5. The van der Waals surface area contributed by atoms with Crippen molar-refractivity contribution in [1.29, 1.82) is 0 Å². The van der Waals surface area contributed by atoms with Gasteiger partial charge in [0.05, 0.1) is 16.2 Å². The quantitative estimate of drug-likeness (QED) is 0.619. The zero-order valence-electron chi connectivity index (χ0n) is 11.2. The van der Waals surface area contributed by atoms with Crippen LogP contribution in [-0.4, -0.2) is 44.9 Å². The van der Waals surface area contributed by atoms with E-state index in [1.165, 1.54) is 0 Å². The Kier molecular flexibility index (Phi) is 5.13. The molecule has 0 spiro atoms. The van der Waals surface area contributed by atoms with E-state index >= 15 is 0 Å². The van der Waals surface area contributed by atoms with Crippen LogP contribution >= 0.6 is 0 Å². The molecule has 8 nitrogen and oxygen atoms in total. The number of carboxylic acid groups (broad SMARTS) is 1. The van der Waals surface area contributed by atoms with Crippen LogP contribution in [0.2, 0.25) is 0 Å². The van der Waals surface area contributed by atoms with Crippen molar-refractivity contribution in [2.45, 2.75) is 20.3 Å². The highest BCUT2D eigenvalue weighted by atomic mass is 16.6. The summed E-state index contributed by atoms with van der Waals surface area (Å²) in [7, 11) is 0. The summed E-state index contributed by atoms with van der Waals surface area (Å²) in [5, 5.41) is 19.5. The maximum Gasteiger partial charge on any atom is 0.323 e. The van der Waals surface area contributed by atoms with Gasteiger partial charge < -0.3 is 10.0 Å². The first-order valence-corrected chi connectivity index (χ1v) is 5.99. The number of aliphatic carboxylic acids is 1. The second-order valence-electron chi connectivity index (χ2n) is 4.20. The van der Waals surface area contributed by atoms with Crippen molar-refractivity contribution in [3.8, 4) is 0 Å². The molecular weight excluding hydrogens is 266 g/mol. The number of carboxylic acids is 1. The van der Waals surface area contributed by atoms with Gasteiger partial charge in [0.2, 0.25) is 0 Å². The summed E-state index contributed by atoms with van der Waals surface area (Å²) in [4.78, 5) is 38.0. The van der Waals surface area contributed by atoms with Crippen LogP contribution in [0, 0.1) is 17.0 Å². The van der Waals surface area contributed by atoms with Crippen LogP contribution in [0.3, 0.4) is 0 Å². The van der Waals surface area contributed by atoms with E-state index in [0.29, 0.717) is 12.1 Å². The summed E-state index contributed by atoms with van der Waals surface area (Å²) >= 11 is 0. The second-order valence-corrected chi connectivity index (χ2v) is 4.20. The topological polar surface area (TPSA) is 114 Å². The smallest absolute Gasteiger partial charge is 0.323 e. The van der Waals surface area contributed by atoms with E-state index in [-0.39, 0.29) is 17.8 Å². The Hall–Kier alpha value is -2.51. The molecule has 0 fully saturated rings. The fraction of sp³-hybridized carbons (Fsp3) is 0.417. The number of aromatic nitrogens is 1. The molecule has 1 aromatic heterocycles. The van der Waals surface area contributed by atoms with Crippen molar-refractivity contribution >= 4 is 17.6 Å². The summed E-state index contributed by atoms with van der Waals surface area (Å²) in [6, 6.07) is 1.12. The molecular formula is C12H15N3O5. The lowest BCUT2D eigenvalue weighted by Gasteiger charge is -2.20. The summed E-state index contributed by atoms with van der Waals surface area (Å²) in [5.41, 5.74) is 0.0757. The molecule has 1 aromatic rings. The van der Waals surface area contributed by atoms with E-state index in [0.717, 1.165) is 17.2 Å². The van der Waals surface area contributed by atoms with Gasteiger partial charge in [0.25, 0.3) is 11.6 Å². The standard InChI is InChI=1S/C12H15N3O5/c1-3-4-14(7-11(16)17)12(18)10-5-9(15(19)20)6-13-8(10)2/h5-6H,3-4,7H2,1-2H3,(H,16,17). The zero-order valence-corrected chi connectivity index (χ0v) is 11.2. The van der Waals surface area contributed by atoms with Crippen molar-refractivity contribution in [3.63, 3.8) is 0 Å². The van der Waals surface area contributed by atoms with Crippen molar-refractivity contribution in [2.75, 3.05) is 13.1 Å². The van der Waals surface area contributed by atoms with E-state index in [1.54, 1.807) is 13.8 Å². The van der Waals surface area contributed by atoms with Gasteiger partial charge in [-0.15, -0.1) is 0 Å². The van der Waals surface area contributed by atoms with Crippen LogP contribution in [0.5, 0.6) is 0 Å². The molecule has 0 saturated heterocycles. The average Bonchev–Trinajstić information content (AvgIpc) is 2.37. The number of rotatable bonds is 6. The number of aryl methyl sites for hydroxylation is 1. The molecule has 0 saturated carbocycles. The number of nitrogens with zero attached hydrogens (tertiary/aromatic N) is 3. The summed E-state index contributed by atoms with van der Waals surface area (Å²) in [5.74, 6) is -1.70. The first kappa shape index (κ1) is 15.5. The van der Waals surface area contributed by atoms with Crippen molar-refractivity contribution in [1.82, 2.24) is 9.88 Å². The number of hydrogen-bond donors (Lipinski definition) is 1. The maximum atomic E-state index is 12.3. The highest BCUT2D eigenvalue weighted by molar-refractivity contribution is 5.97. The monoisotopic (exact) mass is 281 g/mol. The van der Waals surface area contributed by atoms with Crippen LogP contribution in [0.15, 0.2) is 12.3 Å². The van der Waals surface area contributed by atoms with E-state index in [9.17, 15) is 19.7 Å². The van der Waals surface area contributed by atoms with E-state index in [2.05, 4.69) is 4.98 Å². The molecule has 1 rings (SSSR count). The van der Waals surface area contributed by atoms with Gasteiger partial charge in [0.1, 0.15) is 12.7 Å². The lowest BCUT2D eigenvalue weighted by molar-refractivity contribution is -0.385. The fourth-order valence-electron chi connectivity index (χ4n) is 1.69. The van der Waals surface area contributed by atoms with Gasteiger partial charge in [-0.3, -0.25) is 24.7 Å². The van der Waals surface area contributed by atoms with E-state index < -0.39 is 23.3 Å². The minimum absolute atomic E-state index is 0.0499. The SMILES string of the molecule is CCCN(CC(=O)O)C(=O)c1cc([N+](=O)[O-])cnc1C. The molecule has 0 bridgehead atoms. The Morgan fingerprint density at radius 2 is 2.15 bits per heavy atom. The minimum atomic E-state index is -1.14. The molecule has 1 heterocycles. The number of carbonyl (C=O) groups excluding carboxylic acids is 1. The first-order valence-electron chi connectivity index (χ1n) is 5.99. The Labute approximate surface area is 115 Å². The number of nitro groups is 1. The Morgan fingerprint density at radius 1 is 1.50 bits per heavy atom. The Morgan fingerprint density at radius 3 is 2.65 bits per heavy atom. The van der Waals surface area contributed by atoms with Gasteiger partial charge in [-0.25, -0.2) is 0 Å². The van der Waals surface area contributed by atoms with E-state index in [1.807, 2.05) is 0 Å². The van der Waals surface area contributed by atoms with Gasteiger partial charge in [-0.1, -0.05) is 6.92 Å². The van der Waals surface area contributed by atoms with Crippen molar-refractivity contribution < 1.29 is 19.6 Å². The molecule has 1 N–H and O–H groups in total. The highest BCUT2D eigenvalue weighted by Gasteiger charge is 2.22. The molecule has 0 aliphatic carbocycles. The minimum Gasteiger partial charge on any atom is -0.480 e. The molecule has 1 amide bonds. The molecule has 108 valence electrons. The van der Waals surface area contributed by atoms with Crippen LogP contribution in [0.1, 0.15) is 29.4 Å². The van der Waals surface area contributed by atoms with Crippen LogP contribution in [0.25, 0.3) is 0 Å². The maximum absolute atomic E-state index is 12.3. The third kappa shape index (κ3) is 3.74. The number of amides is 1. The molecule has 0 aliphatic rings. The third-order valence-corrected chi connectivity index (χ3v) is 2.62. The molecule has 0 aromatic carbocycles. The third-order valence-electron chi connectivity index (χ3n) is 2.62. The zero-order chi connectivity index (χ0) is 15.3. The van der Waals surface area contributed by atoms with Gasteiger partial charge in [-0.2, -0.15) is 0 Å². The fourth-order valence-corrected chi connectivity index (χ4v) is 1.69. The van der Waals surface area contributed by atoms with Gasteiger partial charge in [0.15, 0.2) is 0 Å². The molecule has 0 aliphatic heterocycles.